The lowest BCUT2D eigenvalue weighted by Crippen LogP contribution is -2.43. The molecule has 1 N–H and O–H groups in total. The van der Waals surface area contributed by atoms with Crippen molar-refractivity contribution in [1.29, 1.82) is 0 Å². The van der Waals surface area contributed by atoms with Gasteiger partial charge in [-0.25, -0.2) is 9.97 Å². The average molecular weight is 347 g/mol. The molecule has 1 unspecified atom stereocenters. The number of ether oxygens (including phenoxy) is 1. The third kappa shape index (κ3) is 2.29. The summed E-state index contributed by atoms with van der Waals surface area (Å²) in [6, 6.07) is 8.81. The van der Waals surface area contributed by atoms with E-state index >= 15 is 0 Å². The minimum Gasteiger partial charge on any atom is -0.377 e. The molecule has 0 spiro atoms. The van der Waals surface area contributed by atoms with Crippen LogP contribution in [-0.2, 0) is 11.8 Å². The van der Waals surface area contributed by atoms with Crippen molar-refractivity contribution in [3.8, 4) is 11.3 Å². The van der Waals surface area contributed by atoms with Crippen LogP contribution in [0.25, 0.3) is 33.3 Å². The van der Waals surface area contributed by atoms with Gasteiger partial charge in [-0.1, -0.05) is 0 Å². The molecular formula is C20H21N5O. The number of anilines is 1. The Morgan fingerprint density at radius 3 is 3.04 bits per heavy atom. The molecule has 1 saturated heterocycles. The number of aromatic amines is 1. The van der Waals surface area contributed by atoms with E-state index in [9.17, 15) is 0 Å². The van der Waals surface area contributed by atoms with Gasteiger partial charge in [0.1, 0.15) is 11.3 Å². The zero-order valence-electron chi connectivity index (χ0n) is 14.9. The number of aromatic nitrogens is 4. The number of rotatable bonds is 2. The Hall–Kier alpha value is -2.86. The Morgan fingerprint density at radius 2 is 2.15 bits per heavy atom. The van der Waals surface area contributed by atoms with Gasteiger partial charge in [0.05, 0.1) is 24.6 Å². The molecule has 6 heteroatoms. The first kappa shape index (κ1) is 15.4. The molecule has 0 aliphatic carbocycles. The molecule has 4 aromatic heterocycles. The van der Waals surface area contributed by atoms with Gasteiger partial charge in [-0.2, -0.15) is 0 Å². The van der Waals surface area contributed by atoms with Crippen LogP contribution >= 0.6 is 0 Å². The summed E-state index contributed by atoms with van der Waals surface area (Å²) in [7, 11) is 2.05. The summed E-state index contributed by atoms with van der Waals surface area (Å²) < 4.78 is 7.72. The average Bonchev–Trinajstić information content (AvgIpc) is 3.28. The van der Waals surface area contributed by atoms with Crippen molar-refractivity contribution >= 4 is 27.8 Å². The highest BCUT2D eigenvalue weighted by molar-refractivity contribution is 5.97. The first-order chi connectivity index (χ1) is 12.7. The fourth-order valence-corrected chi connectivity index (χ4v) is 3.86. The van der Waals surface area contributed by atoms with E-state index in [1.165, 1.54) is 11.1 Å². The molecule has 1 aliphatic rings. The van der Waals surface area contributed by atoms with Crippen molar-refractivity contribution in [2.24, 2.45) is 7.05 Å². The molecule has 0 saturated carbocycles. The molecule has 0 amide bonds. The van der Waals surface area contributed by atoms with Gasteiger partial charge in [-0.15, -0.1) is 0 Å². The molecule has 5 heterocycles. The molecule has 0 bridgehead atoms. The molecular weight excluding hydrogens is 326 g/mol. The van der Waals surface area contributed by atoms with Crippen LogP contribution in [0.2, 0.25) is 0 Å². The fraction of sp³-hybridized carbons (Fsp3) is 0.300. The quantitative estimate of drug-likeness (QED) is 0.604. The molecule has 6 nitrogen and oxygen atoms in total. The molecule has 0 aromatic carbocycles. The molecule has 132 valence electrons. The van der Waals surface area contributed by atoms with E-state index in [-0.39, 0.29) is 0 Å². The van der Waals surface area contributed by atoms with Crippen molar-refractivity contribution in [3.63, 3.8) is 0 Å². The zero-order valence-corrected chi connectivity index (χ0v) is 14.9. The summed E-state index contributed by atoms with van der Waals surface area (Å²) in [5, 5.41) is 2.28. The maximum absolute atomic E-state index is 5.64. The Balaban J connectivity index is 1.76. The summed E-state index contributed by atoms with van der Waals surface area (Å²) >= 11 is 0. The van der Waals surface area contributed by atoms with E-state index in [1.807, 2.05) is 25.5 Å². The lowest BCUT2D eigenvalue weighted by molar-refractivity contribution is 0.0991. The fourth-order valence-electron chi connectivity index (χ4n) is 3.86. The number of nitrogens with zero attached hydrogens (tertiary/aromatic N) is 4. The number of hydrogen-bond donors (Lipinski definition) is 1. The van der Waals surface area contributed by atoms with E-state index < -0.39 is 0 Å². The molecule has 1 atom stereocenters. The SMILES string of the molecule is CC1COCCN1c1cc(-c2ccnc3[nH]ccc23)nc2c1ccn2C. The largest absolute Gasteiger partial charge is 0.377 e. The number of nitrogens with one attached hydrogen (secondary N) is 1. The highest BCUT2D eigenvalue weighted by atomic mass is 16.5. The lowest BCUT2D eigenvalue weighted by atomic mass is 10.1. The van der Waals surface area contributed by atoms with Gasteiger partial charge in [-0.05, 0) is 31.2 Å². The molecule has 5 rings (SSSR count). The Kier molecular flexibility index (Phi) is 3.46. The highest BCUT2D eigenvalue weighted by Crippen LogP contribution is 2.35. The first-order valence-corrected chi connectivity index (χ1v) is 8.95. The van der Waals surface area contributed by atoms with Crippen molar-refractivity contribution in [2.45, 2.75) is 13.0 Å². The smallest absolute Gasteiger partial charge is 0.142 e. The summed E-state index contributed by atoms with van der Waals surface area (Å²) in [4.78, 5) is 15.0. The Labute approximate surface area is 151 Å². The van der Waals surface area contributed by atoms with Crippen molar-refractivity contribution in [3.05, 3.63) is 42.9 Å². The molecule has 26 heavy (non-hydrogen) atoms. The first-order valence-electron chi connectivity index (χ1n) is 8.95. The maximum atomic E-state index is 5.64. The third-order valence-electron chi connectivity index (χ3n) is 5.23. The van der Waals surface area contributed by atoms with Gasteiger partial charge >= 0.3 is 0 Å². The maximum Gasteiger partial charge on any atom is 0.142 e. The topological polar surface area (TPSA) is 59.0 Å². The molecule has 1 aliphatic heterocycles. The minimum atomic E-state index is 0.340. The number of hydrogen-bond acceptors (Lipinski definition) is 4. The second kappa shape index (κ2) is 5.85. The van der Waals surface area contributed by atoms with Crippen LogP contribution in [0.5, 0.6) is 0 Å². The summed E-state index contributed by atoms with van der Waals surface area (Å²) in [6.07, 6.45) is 5.84. The summed E-state index contributed by atoms with van der Waals surface area (Å²) in [5.74, 6) is 0. The van der Waals surface area contributed by atoms with Crippen LogP contribution in [0.4, 0.5) is 5.69 Å². The Bertz CT molecular complexity index is 1100. The summed E-state index contributed by atoms with van der Waals surface area (Å²) in [5.41, 5.74) is 5.18. The standard InChI is InChI=1S/C20H21N5O/c1-13-12-26-10-9-25(13)18-11-17(23-20-16(18)5-8-24(20)2)14-3-6-21-19-15(14)4-7-22-19/h3-8,11,13H,9-10,12H2,1-2H3,(H,21,22). The molecule has 1 fully saturated rings. The second-order valence-corrected chi connectivity index (χ2v) is 6.91. The normalized spacial score (nSPS) is 18.1. The zero-order chi connectivity index (χ0) is 17.7. The number of H-pyrrole nitrogens is 1. The van der Waals surface area contributed by atoms with Crippen LogP contribution in [0.3, 0.4) is 0 Å². The van der Waals surface area contributed by atoms with Crippen LogP contribution in [0, 0.1) is 0 Å². The van der Waals surface area contributed by atoms with Crippen LogP contribution in [0.15, 0.2) is 42.9 Å². The van der Waals surface area contributed by atoms with Crippen LogP contribution < -0.4 is 4.90 Å². The van der Waals surface area contributed by atoms with Gasteiger partial charge < -0.3 is 19.2 Å². The van der Waals surface area contributed by atoms with E-state index in [0.717, 1.165) is 47.7 Å². The highest BCUT2D eigenvalue weighted by Gasteiger charge is 2.23. The van der Waals surface area contributed by atoms with Gasteiger partial charge in [-0.3, -0.25) is 0 Å². The number of pyridine rings is 2. The number of aryl methyl sites for hydroxylation is 1. The van der Waals surface area contributed by atoms with Crippen molar-refractivity contribution in [1.82, 2.24) is 19.5 Å². The van der Waals surface area contributed by atoms with E-state index in [1.54, 1.807) is 0 Å². The van der Waals surface area contributed by atoms with Gasteiger partial charge in [0.15, 0.2) is 0 Å². The van der Waals surface area contributed by atoms with E-state index in [2.05, 4.69) is 50.8 Å². The van der Waals surface area contributed by atoms with Crippen molar-refractivity contribution < 1.29 is 4.74 Å². The number of morpholine rings is 1. The predicted octanol–water partition coefficient (Wildman–Crippen LogP) is 3.34. The van der Waals surface area contributed by atoms with Gasteiger partial charge in [0, 0.05) is 54.6 Å². The predicted molar refractivity (Wildman–Crippen MR) is 103 cm³/mol. The van der Waals surface area contributed by atoms with Crippen LogP contribution in [0.1, 0.15) is 6.92 Å². The molecule has 4 aromatic rings. The Morgan fingerprint density at radius 1 is 1.23 bits per heavy atom. The van der Waals surface area contributed by atoms with Crippen molar-refractivity contribution in [2.75, 3.05) is 24.7 Å². The van der Waals surface area contributed by atoms with Crippen LogP contribution in [-0.4, -0.2) is 45.3 Å². The van der Waals surface area contributed by atoms with E-state index in [0.29, 0.717) is 6.04 Å². The monoisotopic (exact) mass is 347 g/mol. The van der Waals surface area contributed by atoms with Gasteiger partial charge in [0.25, 0.3) is 0 Å². The van der Waals surface area contributed by atoms with Gasteiger partial charge in [0.2, 0.25) is 0 Å². The van der Waals surface area contributed by atoms with E-state index in [4.69, 9.17) is 9.72 Å². The lowest BCUT2D eigenvalue weighted by Gasteiger charge is -2.35. The molecule has 0 radical (unpaired) electrons. The third-order valence-corrected chi connectivity index (χ3v) is 5.23. The minimum absolute atomic E-state index is 0.340. The second-order valence-electron chi connectivity index (χ2n) is 6.91. The number of fused-ring (bicyclic) bond motifs is 2. The summed E-state index contributed by atoms with van der Waals surface area (Å²) in [6.45, 7) is 4.62.